The molecule has 1 atom stereocenters. The van der Waals surface area contributed by atoms with Crippen molar-refractivity contribution in [3.63, 3.8) is 0 Å². The number of hydrogen-bond acceptors (Lipinski definition) is 2. The van der Waals surface area contributed by atoms with Gasteiger partial charge in [0.2, 0.25) is 0 Å². The summed E-state index contributed by atoms with van der Waals surface area (Å²) in [5, 5.41) is 5.54. The molecule has 2 rings (SSSR count). The third kappa shape index (κ3) is 3.07. The van der Waals surface area contributed by atoms with Gasteiger partial charge in [0, 0.05) is 18.8 Å². The lowest BCUT2D eigenvalue weighted by Gasteiger charge is -2.31. The molecule has 1 aromatic rings. The third-order valence-corrected chi connectivity index (χ3v) is 3.68. The molecule has 21 heavy (non-hydrogen) atoms. The number of benzene rings is 1. The fourth-order valence-corrected chi connectivity index (χ4v) is 2.55. The van der Waals surface area contributed by atoms with Crippen LogP contribution in [0.15, 0.2) is 41.6 Å². The molecular weight excluding hydrogens is 266 g/mol. The van der Waals surface area contributed by atoms with Gasteiger partial charge in [-0.1, -0.05) is 30.3 Å². The van der Waals surface area contributed by atoms with E-state index < -0.39 is 6.04 Å². The van der Waals surface area contributed by atoms with Gasteiger partial charge < -0.3 is 15.5 Å². The largest absolute Gasteiger partial charge is 0.339 e. The Morgan fingerprint density at radius 2 is 1.81 bits per heavy atom. The molecule has 5 nitrogen and oxygen atoms in total. The normalized spacial score (nSPS) is 18.0. The number of nitrogens with zero attached hydrogens (tertiary/aromatic N) is 1. The summed E-state index contributed by atoms with van der Waals surface area (Å²) in [7, 11) is 0. The molecule has 5 heteroatoms. The lowest BCUT2D eigenvalue weighted by Crippen LogP contribution is -2.47. The summed E-state index contributed by atoms with van der Waals surface area (Å²) in [4.78, 5) is 26.2. The molecule has 2 N–H and O–H groups in total. The molecule has 3 amide bonds. The quantitative estimate of drug-likeness (QED) is 0.891. The highest BCUT2D eigenvalue weighted by Gasteiger charge is 2.32. The van der Waals surface area contributed by atoms with Crippen LogP contribution in [0.2, 0.25) is 0 Å². The average Bonchev–Trinajstić information content (AvgIpc) is 2.48. The minimum Gasteiger partial charge on any atom is -0.339 e. The number of allylic oxidation sites excluding steroid dienone is 1. The van der Waals surface area contributed by atoms with Gasteiger partial charge in [-0.2, -0.15) is 0 Å². The number of amides is 3. The second-order valence-corrected chi connectivity index (χ2v) is 4.96. The fourth-order valence-electron chi connectivity index (χ4n) is 2.55. The summed E-state index contributed by atoms with van der Waals surface area (Å²) < 4.78 is 0. The fraction of sp³-hybridized carbons (Fsp3) is 0.375. The van der Waals surface area contributed by atoms with Crippen LogP contribution in [0.4, 0.5) is 4.79 Å². The first-order valence-electron chi connectivity index (χ1n) is 7.21. The topological polar surface area (TPSA) is 61.4 Å². The van der Waals surface area contributed by atoms with E-state index in [2.05, 4.69) is 10.6 Å². The Labute approximate surface area is 125 Å². The second kappa shape index (κ2) is 6.43. The van der Waals surface area contributed by atoms with Gasteiger partial charge in [-0.05, 0) is 26.3 Å². The third-order valence-electron chi connectivity index (χ3n) is 3.68. The molecule has 0 spiro atoms. The highest BCUT2D eigenvalue weighted by molar-refractivity contribution is 5.98. The molecule has 1 unspecified atom stereocenters. The Morgan fingerprint density at radius 3 is 2.38 bits per heavy atom. The van der Waals surface area contributed by atoms with E-state index in [1.165, 1.54) is 0 Å². The maximum absolute atomic E-state index is 12.7. The van der Waals surface area contributed by atoms with Crippen LogP contribution in [0.25, 0.3) is 0 Å². The Hall–Kier alpha value is -2.30. The van der Waals surface area contributed by atoms with Crippen LogP contribution in [0.1, 0.15) is 32.4 Å². The molecule has 1 aliphatic rings. The number of carbonyl (C=O) groups is 2. The van der Waals surface area contributed by atoms with E-state index in [-0.39, 0.29) is 11.9 Å². The van der Waals surface area contributed by atoms with Crippen LogP contribution < -0.4 is 10.6 Å². The van der Waals surface area contributed by atoms with Crippen LogP contribution in [0.3, 0.4) is 0 Å². The standard InChI is InChI=1S/C16H21N3O2/c1-4-19(5-2)15(20)13-11(3)17-16(21)18-14(13)12-9-7-6-8-10-12/h6-10,14H,4-5H2,1-3H3,(H2,17,18,21). The summed E-state index contributed by atoms with van der Waals surface area (Å²) in [6, 6.07) is 8.86. The van der Waals surface area contributed by atoms with E-state index in [0.717, 1.165) is 5.56 Å². The number of hydrogen-bond donors (Lipinski definition) is 2. The summed E-state index contributed by atoms with van der Waals surface area (Å²) in [6.07, 6.45) is 0. The van der Waals surface area contributed by atoms with E-state index in [1.54, 1.807) is 11.8 Å². The van der Waals surface area contributed by atoms with Crippen molar-refractivity contribution in [2.75, 3.05) is 13.1 Å². The zero-order valence-corrected chi connectivity index (χ0v) is 12.6. The lowest BCUT2D eigenvalue weighted by atomic mass is 9.94. The van der Waals surface area contributed by atoms with Gasteiger partial charge in [0.15, 0.2) is 0 Å². The first kappa shape index (κ1) is 15.1. The van der Waals surface area contributed by atoms with Crippen molar-refractivity contribution in [1.29, 1.82) is 0 Å². The number of rotatable bonds is 4. The first-order valence-corrected chi connectivity index (χ1v) is 7.21. The molecule has 0 aliphatic carbocycles. The molecule has 1 heterocycles. The number of carbonyl (C=O) groups excluding carboxylic acids is 2. The highest BCUT2D eigenvalue weighted by atomic mass is 16.2. The van der Waals surface area contributed by atoms with Crippen molar-refractivity contribution >= 4 is 11.9 Å². The van der Waals surface area contributed by atoms with E-state index in [4.69, 9.17) is 0 Å². The molecule has 0 bridgehead atoms. The molecule has 0 radical (unpaired) electrons. The van der Waals surface area contributed by atoms with Crippen molar-refractivity contribution < 1.29 is 9.59 Å². The van der Waals surface area contributed by atoms with Crippen LogP contribution >= 0.6 is 0 Å². The van der Waals surface area contributed by atoms with E-state index in [9.17, 15) is 9.59 Å². The Balaban J connectivity index is 2.44. The van der Waals surface area contributed by atoms with Gasteiger partial charge in [0.05, 0.1) is 11.6 Å². The van der Waals surface area contributed by atoms with Gasteiger partial charge in [0.25, 0.3) is 5.91 Å². The summed E-state index contributed by atoms with van der Waals surface area (Å²) >= 11 is 0. The molecule has 1 aromatic carbocycles. The molecule has 112 valence electrons. The summed E-state index contributed by atoms with van der Waals surface area (Å²) in [6.45, 7) is 6.95. The molecule has 0 saturated carbocycles. The van der Waals surface area contributed by atoms with E-state index >= 15 is 0 Å². The zero-order valence-electron chi connectivity index (χ0n) is 12.6. The van der Waals surface area contributed by atoms with Crippen molar-refractivity contribution in [1.82, 2.24) is 15.5 Å². The Morgan fingerprint density at radius 1 is 1.19 bits per heavy atom. The SMILES string of the molecule is CCN(CC)C(=O)C1=C(C)NC(=O)NC1c1ccccc1. The average molecular weight is 287 g/mol. The maximum atomic E-state index is 12.7. The summed E-state index contributed by atoms with van der Waals surface area (Å²) in [5.41, 5.74) is 2.12. The van der Waals surface area contributed by atoms with Gasteiger partial charge in [-0.15, -0.1) is 0 Å². The lowest BCUT2D eigenvalue weighted by molar-refractivity contribution is -0.127. The van der Waals surface area contributed by atoms with Crippen LogP contribution in [-0.2, 0) is 4.79 Å². The van der Waals surface area contributed by atoms with Crippen molar-refractivity contribution in [3.05, 3.63) is 47.2 Å². The van der Waals surface area contributed by atoms with Crippen molar-refractivity contribution in [2.24, 2.45) is 0 Å². The van der Waals surface area contributed by atoms with Crippen molar-refractivity contribution in [3.8, 4) is 0 Å². The first-order chi connectivity index (χ1) is 10.1. The Bertz CT molecular complexity index is 562. The smallest absolute Gasteiger partial charge is 0.319 e. The zero-order chi connectivity index (χ0) is 15.4. The summed E-state index contributed by atoms with van der Waals surface area (Å²) in [5.74, 6) is -0.0427. The molecule has 0 aromatic heterocycles. The Kier molecular flexibility index (Phi) is 4.62. The van der Waals surface area contributed by atoms with E-state index in [0.29, 0.717) is 24.4 Å². The highest BCUT2D eigenvalue weighted by Crippen LogP contribution is 2.27. The minimum atomic E-state index is -0.409. The van der Waals surface area contributed by atoms with Gasteiger partial charge in [-0.3, -0.25) is 4.79 Å². The number of urea groups is 1. The predicted molar refractivity (Wildman–Crippen MR) is 81.5 cm³/mol. The molecule has 0 saturated heterocycles. The van der Waals surface area contributed by atoms with Crippen LogP contribution in [-0.4, -0.2) is 29.9 Å². The van der Waals surface area contributed by atoms with Crippen molar-refractivity contribution in [2.45, 2.75) is 26.8 Å². The molecule has 0 fully saturated rings. The van der Waals surface area contributed by atoms with Gasteiger partial charge >= 0.3 is 6.03 Å². The number of likely N-dealkylation sites (N-methyl/N-ethyl adjacent to an activating group) is 1. The van der Waals surface area contributed by atoms with Crippen LogP contribution in [0, 0.1) is 0 Å². The maximum Gasteiger partial charge on any atom is 0.319 e. The second-order valence-electron chi connectivity index (χ2n) is 4.96. The predicted octanol–water partition coefficient (Wildman–Crippen LogP) is 2.18. The minimum absolute atomic E-state index is 0.0427. The van der Waals surface area contributed by atoms with E-state index in [1.807, 2.05) is 44.2 Å². The van der Waals surface area contributed by atoms with Gasteiger partial charge in [-0.25, -0.2) is 4.79 Å². The molecular formula is C16H21N3O2. The van der Waals surface area contributed by atoms with Gasteiger partial charge in [0.1, 0.15) is 0 Å². The number of nitrogens with one attached hydrogen (secondary N) is 2. The van der Waals surface area contributed by atoms with Crippen LogP contribution in [0.5, 0.6) is 0 Å². The molecule has 1 aliphatic heterocycles. The monoisotopic (exact) mass is 287 g/mol.